The Morgan fingerprint density at radius 1 is 1.33 bits per heavy atom. The summed E-state index contributed by atoms with van der Waals surface area (Å²) < 4.78 is 5.72. The fourth-order valence-corrected chi connectivity index (χ4v) is 2.41. The Kier molecular flexibility index (Phi) is 3.27. The van der Waals surface area contributed by atoms with Gasteiger partial charge in [0.05, 0.1) is 23.4 Å². The first kappa shape index (κ1) is 11.6. The first-order valence-electron chi connectivity index (χ1n) is 5.97. The lowest BCUT2D eigenvalue weighted by Crippen LogP contribution is -2.29. The summed E-state index contributed by atoms with van der Waals surface area (Å²) in [5.74, 6) is 6.53. The third-order valence-corrected chi connectivity index (χ3v) is 3.56. The van der Waals surface area contributed by atoms with Crippen LogP contribution in [0.2, 0.25) is 0 Å². The Balaban J connectivity index is 1.77. The number of nitrogens with one attached hydrogen (secondary N) is 1. The van der Waals surface area contributed by atoms with Crippen LogP contribution in [0.3, 0.4) is 0 Å². The molecule has 0 radical (unpaired) electrons. The molecule has 1 saturated carbocycles. The summed E-state index contributed by atoms with van der Waals surface area (Å²) >= 11 is 1.57. The summed E-state index contributed by atoms with van der Waals surface area (Å²) in [6.07, 6.45) is 2.78. The molecule has 18 heavy (non-hydrogen) atoms. The maximum absolute atomic E-state index is 5.72. The van der Waals surface area contributed by atoms with Gasteiger partial charge in [0.25, 0.3) is 0 Å². The van der Waals surface area contributed by atoms with Gasteiger partial charge in [-0.05, 0) is 30.5 Å². The molecule has 0 amide bonds. The van der Waals surface area contributed by atoms with Crippen LogP contribution in [0.25, 0.3) is 0 Å². The highest BCUT2D eigenvalue weighted by Gasteiger charge is 2.23. The number of hydrazine groups is 1. The lowest BCUT2D eigenvalue weighted by Gasteiger charge is -2.14. The molecule has 1 aromatic heterocycles. The second-order valence-corrected chi connectivity index (χ2v) is 5.12. The molecule has 1 fully saturated rings. The highest BCUT2D eigenvalue weighted by Crippen LogP contribution is 2.28. The molecule has 1 aliphatic carbocycles. The molecule has 1 unspecified atom stereocenters. The molecule has 0 saturated heterocycles. The zero-order valence-corrected chi connectivity index (χ0v) is 10.7. The van der Waals surface area contributed by atoms with Crippen LogP contribution in [0.4, 0.5) is 0 Å². The maximum atomic E-state index is 5.72. The Hall–Kier alpha value is -1.43. The molecule has 1 aliphatic rings. The SMILES string of the molecule is NNC(c1ccc(OC2CC2)cc1)c1cscn1. The molecule has 4 nitrogen and oxygen atoms in total. The number of nitrogens with zero attached hydrogens (tertiary/aromatic N) is 1. The number of benzene rings is 1. The van der Waals surface area contributed by atoms with E-state index in [4.69, 9.17) is 10.6 Å². The Labute approximate surface area is 110 Å². The number of thiazole rings is 1. The molecule has 5 heteroatoms. The summed E-state index contributed by atoms with van der Waals surface area (Å²) in [5, 5.41) is 2.00. The maximum Gasteiger partial charge on any atom is 0.119 e. The minimum absolute atomic E-state index is 0.0637. The number of aromatic nitrogens is 1. The Bertz CT molecular complexity index is 493. The molecular formula is C13H15N3OS. The van der Waals surface area contributed by atoms with Crippen molar-refractivity contribution in [3.05, 3.63) is 46.4 Å². The van der Waals surface area contributed by atoms with E-state index in [9.17, 15) is 0 Å². The van der Waals surface area contributed by atoms with E-state index in [1.165, 1.54) is 12.8 Å². The van der Waals surface area contributed by atoms with Gasteiger partial charge >= 0.3 is 0 Å². The van der Waals surface area contributed by atoms with Crippen molar-refractivity contribution in [2.24, 2.45) is 5.84 Å². The van der Waals surface area contributed by atoms with Crippen molar-refractivity contribution in [2.45, 2.75) is 25.0 Å². The number of hydrogen-bond donors (Lipinski definition) is 2. The molecule has 3 rings (SSSR count). The lowest BCUT2D eigenvalue weighted by molar-refractivity contribution is 0.303. The standard InChI is InChI=1S/C13H15N3OS/c14-16-13(12-7-18-8-15-12)9-1-3-10(4-2-9)17-11-5-6-11/h1-4,7-8,11,13,16H,5-6,14H2. The van der Waals surface area contributed by atoms with Gasteiger partial charge in [-0.3, -0.25) is 5.84 Å². The van der Waals surface area contributed by atoms with E-state index in [-0.39, 0.29) is 6.04 Å². The average molecular weight is 261 g/mol. The van der Waals surface area contributed by atoms with Gasteiger partial charge in [0, 0.05) is 5.38 Å². The quantitative estimate of drug-likeness (QED) is 0.640. The van der Waals surface area contributed by atoms with E-state index in [1.807, 2.05) is 35.2 Å². The van der Waals surface area contributed by atoms with E-state index in [0.717, 1.165) is 17.0 Å². The summed E-state index contributed by atoms with van der Waals surface area (Å²) in [5.41, 5.74) is 6.64. The lowest BCUT2D eigenvalue weighted by atomic mass is 10.1. The first-order chi connectivity index (χ1) is 8.86. The number of rotatable bonds is 5. The van der Waals surface area contributed by atoms with Gasteiger partial charge in [0.2, 0.25) is 0 Å². The molecule has 3 N–H and O–H groups in total. The van der Waals surface area contributed by atoms with Crippen molar-refractivity contribution in [2.75, 3.05) is 0 Å². The zero-order valence-electron chi connectivity index (χ0n) is 9.87. The fraction of sp³-hybridized carbons (Fsp3) is 0.308. The predicted octanol–water partition coefficient (Wildman–Crippen LogP) is 2.24. The summed E-state index contributed by atoms with van der Waals surface area (Å²) in [6.45, 7) is 0. The number of hydrogen-bond acceptors (Lipinski definition) is 5. The number of ether oxygens (including phenoxy) is 1. The molecule has 2 aromatic rings. The largest absolute Gasteiger partial charge is 0.490 e. The zero-order chi connectivity index (χ0) is 12.4. The van der Waals surface area contributed by atoms with Crippen LogP contribution >= 0.6 is 11.3 Å². The smallest absolute Gasteiger partial charge is 0.119 e. The molecule has 1 atom stereocenters. The van der Waals surface area contributed by atoms with Crippen molar-refractivity contribution in [3.63, 3.8) is 0 Å². The predicted molar refractivity (Wildman–Crippen MR) is 71.4 cm³/mol. The number of nitrogens with two attached hydrogens (primary N) is 1. The molecular weight excluding hydrogens is 246 g/mol. The van der Waals surface area contributed by atoms with E-state index in [1.54, 1.807) is 11.3 Å². The topological polar surface area (TPSA) is 60.2 Å². The van der Waals surface area contributed by atoms with Gasteiger partial charge < -0.3 is 4.74 Å². The van der Waals surface area contributed by atoms with E-state index in [0.29, 0.717) is 6.10 Å². The van der Waals surface area contributed by atoms with Crippen LogP contribution in [0.15, 0.2) is 35.2 Å². The molecule has 0 spiro atoms. The fourth-order valence-electron chi connectivity index (χ4n) is 1.83. The summed E-state index contributed by atoms with van der Waals surface area (Å²) in [4.78, 5) is 4.29. The Morgan fingerprint density at radius 3 is 2.67 bits per heavy atom. The van der Waals surface area contributed by atoms with Gasteiger partial charge in [-0.25, -0.2) is 10.4 Å². The van der Waals surface area contributed by atoms with Gasteiger partial charge in [0.1, 0.15) is 5.75 Å². The summed E-state index contributed by atoms with van der Waals surface area (Å²) in [7, 11) is 0. The van der Waals surface area contributed by atoms with Crippen LogP contribution < -0.4 is 16.0 Å². The molecule has 94 valence electrons. The van der Waals surface area contributed by atoms with E-state index in [2.05, 4.69) is 10.4 Å². The highest BCUT2D eigenvalue weighted by molar-refractivity contribution is 7.07. The normalized spacial score (nSPS) is 16.5. The van der Waals surface area contributed by atoms with Crippen molar-refractivity contribution < 1.29 is 4.74 Å². The molecule has 1 aromatic carbocycles. The van der Waals surface area contributed by atoms with Crippen LogP contribution in [0, 0.1) is 0 Å². The van der Waals surface area contributed by atoms with E-state index < -0.39 is 0 Å². The van der Waals surface area contributed by atoms with E-state index >= 15 is 0 Å². The van der Waals surface area contributed by atoms with Gasteiger partial charge in [-0.2, -0.15) is 0 Å². The average Bonchev–Trinajstić information content (AvgIpc) is 3.05. The van der Waals surface area contributed by atoms with Gasteiger partial charge in [-0.15, -0.1) is 11.3 Å². The highest BCUT2D eigenvalue weighted by atomic mass is 32.1. The minimum Gasteiger partial charge on any atom is -0.490 e. The van der Waals surface area contributed by atoms with Gasteiger partial charge in [0.15, 0.2) is 0 Å². The first-order valence-corrected chi connectivity index (χ1v) is 6.92. The van der Waals surface area contributed by atoms with Crippen molar-refractivity contribution >= 4 is 11.3 Å². The third kappa shape index (κ3) is 2.53. The van der Waals surface area contributed by atoms with Crippen LogP contribution in [0.1, 0.15) is 30.1 Å². The third-order valence-electron chi connectivity index (χ3n) is 2.95. The van der Waals surface area contributed by atoms with Crippen molar-refractivity contribution in [1.82, 2.24) is 10.4 Å². The second kappa shape index (κ2) is 5.06. The minimum atomic E-state index is -0.0637. The van der Waals surface area contributed by atoms with Crippen LogP contribution in [-0.2, 0) is 0 Å². The molecule has 0 bridgehead atoms. The van der Waals surface area contributed by atoms with Crippen molar-refractivity contribution in [1.29, 1.82) is 0 Å². The van der Waals surface area contributed by atoms with Crippen LogP contribution in [-0.4, -0.2) is 11.1 Å². The summed E-state index contributed by atoms with van der Waals surface area (Å²) in [6, 6.07) is 7.98. The Morgan fingerprint density at radius 2 is 2.11 bits per heavy atom. The molecule has 1 heterocycles. The van der Waals surface area contributed by atoms with Crippen LogP contribution in [0.5, 0.6) is 5.75 Å². The second-order valence-electron chi connectivity index (χ2n) is 4.40. The van der Waals surface area contributed by atoms with Gasteiger partial charge in [-0.1, -0.05) is 12.1 Å². The van der Waals surface area contributed by atoms with Crippen molar-refractivity contribution in [3.8, 4) is 5.75 Å². The monoisotopic (exact) mass is 261 g/mol. The molecule has 0 aliphatic heterocycles.